The van der Waals surface area contributed by atoms with Gasteiger partial charge in [-0.25, -0.2) is 0 Å². The third-order valence-electron chi connectivity index (χ3n) is 6.62. The molecule has 0 saturated heterocycles. The van der Waals surface area contributed by atoms with Gasteiger partial charge in [-0.3, -0.25) is 0 Å². The summed E-state index contributed by atoms with van der Waals surface area (Å²) in [4.78, 5) is 6.28. The minimum Gasteiger partial charge on any atom is -0.378 e. The molecule has 0 N–H and O–H groups in total. The second-order valence-electron chi connectivity index (χ2n) is 10.1. The summed E-state index contributed by atoms with van der Waals surface area (Å²) < 4.78 is 0. The van der Waals surface area contributed by atoms with E-state index in [1.807, 2.05) is 72.8 Å². The van der Waals surface area contributed by atoms with Gasteiger partial charge in [0.1, 0.15) is 5.70 Å². The lowest BCUT2D eigenvalue weighted by molar-refractivity contribution is 1.13. The summed E-state index contributed by atoms with van der Waals surface area (Å²) in [5.74, 6) is 0. The third kappa shape index (κ3) is 6.82. The average molecular weight is 516 g/mol. The summed E-state index contributed by atoms with van der Waals surface area (Å²) in [5.41, 5.74) is 8.40. The van der Waals surface area contributed by atoms with Crippen LogP contribution in [-0.2, 0) is 0 Å². The van der Waals surface area contributed by atoms with Crippen LogP contribution in [0.5, 0.6) is 0 Å². The van der Waals surface area contributed by atoms with E-state index in [0.29, 0.717) is 0 Å². The Hall–Kier alpha value is -4.64. The fourth-order valence-electron chi connectivity index (χ4n) is 4.20. The van der Waals surface area contributed by atoms with Crippen molar-refractivity contribution in [2.75, 3.05) is 57.0 Å². The topological polar surface area (TPSA) is 34.4 Å². The number of benzene rings is 4. The van der Waals surface area contributed by atoms with Crippen LogP contribution in [0.1, 0.15) is 16.7 Å². The van der Waals surface area contributed by atoms with Crippen molar-refractivity contribution < 1.29 is 0 Å². The van der Waals surface area contributed by atoms with Gasteiger partial charge < -0.3 is 14.7 Å². The van der Waals surface area contributed by atoms with E-state index in [9.17, 15) is 0 Å². The van der Waals surface area contributed by atoms with E-state index in [1.54, 1.807) is 0 Å². The molecular formula is C34H37N5. The van der Waals surface area contributed by atoms with Gasteiger partial charge in [0.25, 0.3) is 0 Å². The van der Waals surface area contributed by atoms with Crippen molar-refractivity contribution in [2.24, 2.45) is 10.2 Å². The van der Waals surface area contributed by atoms with Gasteiger partial charge >= 0.3 is 0 Å². The lowest BCUT2D eigenvalue weighted by atomic mass is 9.98. The molecule has 0 heterocycles. The van der Waals surface area contributed by atoms with Gasteiger partial charge in [-0.1, -0.05) is 67.2 Å². The Bertz CT molecular complexity index is 1480. The van der Waals surface area contributed by atoms with Crippen LogP contribution in [0.25, 0.3) is 17.8 Å². The van der Waals surface area contributed by atoms with Gasteiger partial charge in [0.2, 0.25) is 0 Å². The lowest BCUT2D eigenvalue weighted by Gasteiger charge is -2.15. The van der Waals surface area contributed by atoms with E-state index in [2.05, 4.69) is 99.2 Å². The van der Waals surface area contributed by atoms with Crippen molar-refractivity contribution in [2.45, 2.75) is 0 Å². The average Bonchev–Trinajstić information content (AvgIpc) is 2.94. The Labute approximate surface area is 232 Å². The maximum absolute atomic E-state index is 4.77. The Morgan fingerprint density at radius 1 is 0.538 bits per heavy atom. The van der Waals surface area contributed by atoms with Crippen molar-refractivity contribution in [3.63, 3.8) is 0 Å². The predicted octanol–water partition coefficient (Wildman–Crippen LogP) is 5.99. The van der Waals surface area contributed by atoms with Crippen LogP contribution in [0, 0.1) is 0 Å². The van der Waals surface area contributed by atoms with Gasteiger partial charge in [0.05, 0.1) is 6.20 Å². The largest absolute Gasteiger partial charge is 0.378 e. The molecule has 39 heavy (non-hydrogen) atoms. The zero-order valence-electron chi connectivity index (χ0n) is 23.8. The number of hydrogen-bond acceptors (Lipinski definition) is 5. The second kappa shape index (κ2) is 12.3. The summed E-state index contributed by atoms with van der Waals surface area (Å²) in [6, 6.07) is 33.5. The molecular weight excluding hydrogens is 478 g/mol. The van der Waals surface area contributed by atoms with Gasteiger partial charge in [-0.2, -0.15) is 5.11 Å². The van der Waals surface area contributed by atoms with Crippen LogP contribution >= 0.6 is 0 Å². The second-order valence-corrected chi connectivity index (χ2v) is 10.1. The first kappa shape index (κ1) is 27.4. The highest BCUT2D eigenvalue weighted by Gasteiger charge is 2.08. The first-order valence-corrected chi connectivity index (χ1v) is 13.0. The maximum atomic E-state index is 4.77. The number of azo groups is 1. The van der Waals surface area contributed by atoms with Crippen molar-refractivity contribution in [3.8, 4) is 0 Å². The van der Waals surface area contributed by atoms with Crippen molar-refractivity contribution in [1.82, 2.24) is 0 Å². The molecule has 0 amide bonds. The highest BCUT2D eigenvalue weighted by Crippen LogP contribution is 2.28. The molecule has 4 aromatic carbocycles. The monoisotopic (exact) mass is 515 g/mol. The molecule has 5 nitrogen and oxygen atoms in total. The van der Waals surface area contributed by atoms with Gasteiger partial charge in [-0.15, -0.1) is 5.11 Å². The lowest BCUT2D eigenvalue weighted by Crippen LogP contribution is -2.10. The number of nitrogens with zero attached hydrogens (tertiary/aromatic N) is 5. The minimum atomic E-state index is 0.807. The molecule has 0 radical (unpaired) electrons. The molecule has 0 bridgehead atoms. The Kier molecular flexibility index (Phi) is 8.62. The van der Waals surface area contributed by atoms with Crippen LogP contribution in [-0.4, -0.2) is 42.3 Å². The summed E-state index contributed by atoms with van der Waals surface area (Å²) in [6.07, 6.45) is 1.86. The SMILES string of the molecule is C=c1ccc(=C(N=NC=C(c2ccc(N(C)C)cc2)c2ccc(N(C)C)cc2)c2ccc(N(C)C)cc2)cc1. The quantitative estimate of drug-likeness (QED) is 0.270. The summed E-state index contributed by atoms with van der Waals surface area (Å²) >= 11 is 0. The zero-order chi connectivity index (χ0) is 27.9. The first-order valence-electron chi connectivity index (χ1n) is 13.0. The zero-order valence-corrected chi connectivity index (χ0v) is 23.8. The molecule has 4 aromatic rings. The Balaban J connectivity index is 1.81. The van der Waals surface area contributed by atoms with Gasteiger partial charge in [0.15, 0.2) is 0 Å². The van der Waals surface area contributed by atoms with Crippen LogP contribution in [0.2, 0.25) is 0 Å². The first-order chi connectivity index (χ1) is 18.7. The molecule has 0 unspecified atom stereocenters. The van der Waals surface area contributed by atoms with Crippen molar-refractivity contribution in [3.05, 3.63) is 130 Å². The normalized spacial score (nSPS) is 10.8. The number of rotatable bonds is 8. The van der Waals surface area contributed by atoms with Crippen molar-refractivity contribution >= 4 is 34.9 Å². The van der Waals surface area contributed by atoms with E-state index in [1.165, 1.54) is 0 Å². The predicted molar refractivity (Wildman–Crippen MR) is 168 cm³/mol. The summed E-state index contributed by atoms with van der Waals surface area (Å²) in [6.45, 7) is 4.03. The minimum absolute atomic E-state index is 0.807. The highest BCUT2D eigenvalue weighted by molar-refractivity contribution is 5.81. The summed E-state index contributed by atoms with van der Waals surface area (Å²) in [7, 11) is 12.3. The summed E-state index contributed by atoms with van der Waals surface area (Å²) in [5, 5.41) is 11.4. The Morgan fingerprint density at radius 2 is 0.923 bits per heavy atom. The molecule has 0 aliphatic rings. The molecule has 0 aliphatic carbocycles. The molecule has 0 aliphatic heterocycles. The van der Waals surface area contributed by atoms with E-state index in [0.717, 1.165) is 55.5 Å². The smallest absolute Gasteiger partial charge is 0.100 e. The fraction of sp³-hybridized carbons (Fsp3) is 0.176. The molecule has 5 heteroatoms. The number of anilines is 3. The molecule has 0 saturated carbocycles. The van der Waals surface area contributed by atoms with Gasteiger partial charge in [-0.05, 0) is 52.7 Å². The van der Waals surface area contributed by atoms with Crippen LogP contribution in [0.3, 0.4) is 0 Å². The maximum Gasteiger partial charge on any atom is 0.100 e. The van der Waals surface area contributed by atoms with Crippen LogP contribution in [0.15, 0.2) is 113 Å². The standard InChI is InChI=1S/C34H37N5/c1-25-8-10-28(11-9-25)34(29-16-22-32(23-17-29)39(6)7)36-35-24-33(26-12-18-30(19-13-26)37(2)3)27-14-20-31(21-15-27)38(4)5/h8-24H,1H2,2-7H3. The molecule has 4 rings (SSSR count). The Morgan fingerprint density at radius 3 is 1.31 bits per heavy atom. The van der Waals surface area contributed by atoms with Crippen molar-refractivity contribution in [1.29, 1.82) is 0 Å². The highest BCUT2D eigenvalue weighted by atomic mass is 15.1. The molecule has 0 fully saturated rings. The van der Waals surface area contributed by atoms with Crippen LogP contribution < -0.4 is 25.1 Å². The van der Waals surface area contributed by atoms with E-state index >= 15 is 0 Å². The molecule has 0 atom stereocenters. The fourth-order valence-corrected chi connectivity index (χ4v) is 4.20. The molecule has 0 spiro atoms. The van der Waals surface area contributed by atoms with E-state index in [4.69, 9.17) is 5.11 Å². The van der Waals surface area contributed by atoms with Gasteiger partial charge in [0, 0.05) is 75.7 Å². The van der Waals surface area contributed by atoms with E-state index < -0.39 is 0 Å². The molecule has 0 aromatic heterocycles. The van der Waals surface area contributed by atoms with E-state index in [-0.39, 0.29) is 0 Å². The number of hydrogen-bond donors (Lipinski definition) is 0. The third-order valence-corrected chi connectivity index (χ3v) is 6.62. The molecule has 198 valence electrons. The van der Waals surface area contributed by atoms with Crippen LogP contribution in [0.4, 0.5) is 17.1 Å².